The molecule has 106 valence electrons. The van der Waals surface area contributed by atoms with E-state index >= 15 is 0 Å². The first-order valence-electron chi connectivity index (χ1n) is 7.13. The van der Waals surface area contributed by atoms with Gasteiger partial charge < -0.3 is 10.0 Å². The molecule has 1 aliphatic carbocycles. The Morgan fingerprint density at radius 3 is 2.90 bits per heavy atom. The van der Waals surface area contributed by atoms with Gasteiger partial charge in [0.15, 0.2) is 0 Å². The van der Waals surface area contributed by atoms with E-state index in [4.69, 9.17) is 11.6 Å². The zero-order valence-electron chi connectivity index (χ0n) is 11.2. The summed E-state index contributed by atoms with van der Waals surface area (Å²) in [5, 5.41) is 14.3. The third-order valence-corrected chi connectivity index (χ3v) is 5.24. The van der Waals surface area contributed by atoms with Gasteiger partial charge >= 0.3 is 0 Å². The predicted molar refractivity (Wildman–Crippen MR) is 75.6 cm³/mol. The quantitative estimate of drug-likeness (QED) is 0.834. The van der Waals surface area contributed by atoms with Crippen molar-refractivity contribution in [3.63, 3.8) is 0 Å². The highest BCUT2D eigenvalue weighted by molar-refractivity contribution is 6.31. The second-order valence-electron chi connectivity index (χ2n) is 6.26. The molecule has 2 aliphatic heterocycles. The van der Waals surface area contributed by atoms with E-state index in [0.29, 0.717) is 11.4 Å². The van der Waals surface area contributed by atoms with Crippen molar-refractivity contribution in [3.8, 4) is 5.75 Å². The number of aromatic hydroxyl groups is 1. The summed E-state index contributed by atoms with van der Waals surface area (Å²) in [5.74, 6) is 0.415. The number of halogens is 1. The fraction of sp³-hybridized carbons (Fsp3) is 0.533. The lowest BCUT2D eigenvalue weighted by molar-refractivity contribution is -0.130. The van der Waals surface area contributed by atoms with E-state index in [9.17, 15) is 9.90 Å². The molecule has 1 aromatic rings. The summed E-state index contributed by atoms with van der Waals surface area (Å²) in [6.07, 6.45) is 3.51. The lowest BCUT2D eigenvalue weighted by atomic mass is 9.96. The lowest BCUT2D eigenvalue weighted by Gasteiger charge is -2.35. The van der Waals surface area contributed by atoms with Crippen LogP contribution in [0.25, 0.3) is 0 Å². The number of benzene rings is 1. The van der Waals surface area contributed by atoms with E-state index < -0.39 is 0 Å². The lowest BCUT2D eigenvalue weighted by Crippen LogP contribution is -2.43. The van der Waals surface area contributed by atoms with Crippen LogP contribution >= 0.6 is 11.6 Å². The van der Waals surface area contributed by atoms with Crippen LogP contribution in [0.2, 0.25) is 5.02 Å². The van der Waals surface area contributed by atoms with Crippen LogP contribution in [0, 0.1) is 5.41 Å². The molecule has 0 bridgehead atoms. The van der Waals surface area contributed by atoms with Crippen molar-refractivity contribution in [1.29, 1.82) is 0 Å². The van der Waals surface area contributed by atoms with Gasteiger partial charge in [0.1, 0.15) is 11.9 Å². The highest BCUT2D eigenvalue weighted by Crippen LogP contribution is 2.55. The van der Waals surface area contributed by atoms with Crippen molar-refractivity contribution in [3.05, 3.63) is 28.3 Å². The van der Waals surface area contributed by atoms with Crippen molar-refractivity contribution in [2.45, 2.75) is 31.8 Å². The maximum absolute atomic E-state index is 12.3. The molecule has 2 N–H and O–H groups in total. The minimum absolute atomic E-state index is 0.187. The van der Waals surface area contributed by atoms with Gasteiger partial charge in [0.05, 0.1) is 0 Å². The van der Waals surface area contributed by atoms with Crippen LogP contribution < -0.4 is 5.32 Å². The summed E-state index contributed by atoms with van der Waals surface area (Å²) >= 11 is 6.25. The summed E-state index contributed by atoms with van der Waals surface area (Å²) in [4.78, 5) is 14.2. The van der Waals surface area contributed by atoms with Gasteiger partial charge in [-0.1, -0.05) is 11.6 Å². The molecule has 1 saturated heterocycles. The monoisotopic (exact) mass is 292 g/mol. The maximum Gasteiger partial charge on any atom is 0.224 e. The Hall–Kier alpha value is -1.26. The standard InChI is InChI=1S/C15H17ClN2O2/c16-10-1-2-11(19)13-9(10)3-6-17-14(13)18-8-15(4-5-15)7-12(18)20/h1-2,14,17,19H,3-8H2. The highest BCUT2D eigenvalue weighted by Gasteiger charge is 2.53. The normalized spacial score (nSPS) is 26.9. The summed E-state index contributed by atoms with van der Waals surface area (Å²) in [5.41, 5.74) is 1.99. The first-order chi connectivity index (χ1) is 9.60. The molecule has 1 unspecified atom stereocenters. The number of phenols is 1. The number of carbonyl (C=O) groups is 1. The Morgan fingerprint density at radius 1 is 1.40 bits per heavy atom. The van der Waals surface area contributed by atoms with Gasteiger partial charge in [-0.05, 0) is 42.4 Å². The fourth-order valence-corrected chi connectivity index (χ4v) is 3.82. The maximum atomic E-state index is 12.3. The summed E-state index contributed by atoms with van der Waals surface area (Å²) in [6, 6.07) is 3.35. The van der Waals surface area contributed by atoms with Gasteiger partial charge in [0.2, 0.25) is 5.91 Å². The molecule has 4 rings (SSSR count). The fourth-order valence-electron chi connectivity index (χ4n) is 3.56. The second kappa shape index (κ2) is 4.12. The second-order valence-corrected chi connectivity index (χ2v) is 6.67. The van der Waals surface area contributed by atoms with E-state index in [1.54, 1.807) is 12.1 Å². The first kappa shape index (κ1) is 12.5. The number of rotatable bonds is 1. The van der Waals surface area contributed by atoms with Crippen LogP contribution in [0.15, 0.2) is 12.1 Å². The van der Waals surface area contributed by atoms with Gasteiger partial charge in [0.25, 0.3) is 0 Å². The molecule has 20 heavy (non-hydrogen) atoms. The molecular formula is C15H17ClN2O2. The van der Waals surface area contributed by atoms with Crippen LogP contribution in [0.4, 0.5) is 0 Å². The zero-order valence-corrected chi connectivity index (χ0v) is 11.9. The molecule has 1 amide bonds. The SMILES string of the molecule is O=C1CC2(CC2)CN1C1NCCc2c(Cl)ccc(O)c21. The third kappa shape index (κ3) is 1.75. The largest absolute Gasteiger partial charge is 0.508 e. The summed E-state index contributed by atoms with van der Waals surface area (Å²) in [6.45, 7) is 1.58. The average Bonchev–Trinajstić information content (AvgIpc) is 3.10. The number of carbonyl (C=O) groups excluding carboxylic acids is 1. The van der Waals surface area contributed by atoms with Gasteiger partial charge in [0, 0.05) is 30.1 Å². The molecule has 2 heterocycles. The van der Waals surface area contributed by atoms with Crippen LogP contribution in [0.1, 0.15) is 36.6 Å². The molecule has 5 heteroatoms. The molecule has 1 atom stereocenters. The van der Waals surface area contributed by atoms with Crippen molar-refractivity contribution in [2.75, 3.05) is 13.1 Å². The Bertz CT molecular complexity index is 598. The van der Waals surface area contributed by atoms with Crippen LogP contribution in [-0.4, -0.2) is 29.0 Å². The number of nitrogens with zero attached hydrogens (tertiary/aromatic N) is 1. The predicted octanol–water partition coefficient (Wildman–Crippen LogP) is 2.20. The van der Waals surface area contributed by atoms with E-state index in [2.05, 4.69) is 5.32 Å². The number of hydrogen-bond donors (Lipinski definition) is 2. The Labute approximate surface area is 122 Å². The smallest absolute Gasteiger partial charge is 0.224 e. The first-order valence-corrected chi connectivity index (χ1v) is 7.51. The van der Waals surface area contributed by atoms with Crippen molar-refractivity contribution >= 4 is 17.5 Å². The molecule has 3 aliphatic rings. The molecular weight excluding hydrogens is 276 g/mol. The molecule has 2 fully saturated rings. The van der Waals surface area contributed by atoms with E-state index in [1.807, 2.05) is 4.90 Å². The van der Waals surface area contributed by atoms with E-state index in [1.165, 1.54) is 0 Å². The van der Waals surface area contributed by atoms with E-state index in [-0.39, 0.29) is 23.2 Å². The molecule has 1 saturated carbocycles. The van der Waals surface area contributed by atoms with Crippen LogP contribution in [0.5, 0.6) is 5.75 Å². The van der Waals surface area contributed by atoms with Crippen molar-refractivity contribution in [1.82, 2.24) is 10.2 Å². The summed E-state index contributed by atoms with van der Waals surface area (Å²) < 4.78 is 0. The van der Waals surface area contributed by atoms with Gasteiger partial charge in [-0.25, -0.2) is 0 Å². The summed E-state index contributed by atoms with van der Waals surface area (Å²) in [7, 11) is 0. The topological polar surface area (TPSA) is 52.6 Å². The van der Waals surface area contributed by atoms with Gasteiger partial charge in [-0.2, -0.15) is 0 Å². The van der Waals surface area contributed by atoms with Crippen molar-refractivity contribution in [2.24, 2.45) is 5.41 Å². The molecule has 0 radical (unpaired) electrons. The van der Waals surface area contributed by atoms with E-state index in [0.717, 1.165) is 43.5 Å². The number of fused-ring (bicyclic) bond motifs is 1. The number of nitrogens with one attached hydrogen (secondary N) is 1. The minimum Gasteiger partial charge on any atom is -0.508 e. The van der Waals surface area contributed by atoms with Gasteiger partial charge in [-0.15, -0.1) is 0 Å². The molecule has 0 aromatic heterocycles. The highest BCUT2D eigenvalue weighted by atomic mass is 35.5. The zero-order chi connectivity index (χ0) is 13.9. The number of amides is 1. The number of phenolic OH excluding ortho intramolecular Hbond substituents is 1. The minimum atomic E-state index is -0.232. The van der Waals surface area contributed by atoms with Crippen LogP contribution in [-0.2, 0) is 11.2 Å². The molecule has 1 spiro atoms. The molecule has 4 nitrogen and oxygen atoms in total. The third-order valence-electron chi connectivity index (χ3n) is 4.88. The number of likely N-dealkylation sites (tertiary alicyclic amines) is 1. The number of hydrogen-bond acceptors (Lipinski definition) is 3. The Morgan fingerprint density at radius 2 is 2.20 bits per heavy atom. The van der Waals surface area contributed by atoms with Gasteiger partial charge in [-0.3, -0.25) is 10.1 Å². The average molecular weight is 293 g/mol. The molecule has 1 aromatic carbocycles. The van der Waals surface area contributed by atoms with Crippen LogP contribution in [0.3, 0.4) is 0 Å². The Balaban J connectivity index is 1.75. The Kier molecular flexibility index (Phi) is 2.57. The van der Waals surface area contributed by atoms with Crippen molar-refractivity contribution < 1.29 is 9.90 Å².